The summed E-state index contributed by atoms with van der Waals surface area (Å²) in [4.78, 5) is 14.1. The summed E-state index contributed by atoms with van der Waals surface area (Å²) in [6, 6.07) is 1.82. The standard InChI is InChI=1S/C14H23N3O2/c1-4-11-5-6-15-13(8-11)14(18)17(3)9-12-7-10(2)19-16-12/h7,11,13,15H,4-6,8-9H2,1-3H3. The van der Waals surface area contributed by atoms with Crippen LogP contribution in [0.3, 0.4) is 0 Å². The number of nitrogens with one attached hydrogen (secondary N) is 1. The number of hydrogen-bond acceptors (Lipinski definition) is 4. The molecule has 0 radical (unpaired) electrons. The molecule has 1 N–H and O–H groups in total. The molecule has 0 aliphatic carbocycles. The molecule has 2 unspecified atom stereocenters. The van der Waals surface area contributed by atoms with Crippen LogP contribution >= 0.6 is 0 Å². The van der Waals surface area contributed by atoms with Gasteiger partial charge in [-0.25, -0.2) is 0 Å². The molecule has 1 amide bonds. The van der Waals surface area contributed by atoms with Crippen LogP contribution in [-0.4, -0.2) is 35.6 Å². The van der Waals surface area contributed by atoms with Crippen LogP contribution in [0.25, 0.3) is 0 Å². The molecular weight excluding hydrogens is 242 g/mol. The Hall–Kier alpha value is -1.36. The van der Waals surface area contributed by atoms with Gasteiger partial charge >= 0.3 is 0 Å². The molecule has 1 aromatic rings. The smallest absolute Gasteiger partial charge is 0.239 e. The predicted molar refractivity (Wildman–Crippen MR) is 72.5 cm³/mol. The Labute approximate surface area is 114 Å². The summed E-state index contributed by atoms with van der Waals surface area (Å²) < 4.78 is 5.02. The minimum absolute atomic E-state index is 0.0447. The van der Waals surface area contributed by atoms with Crippen molar-refractivity contribution in [3.63, 3.8) is 0 Å². The Bertz CT molecular complexity index is 430. The highest BCUT2D eigenvalue weighted by molar-refractivity contribution is 5.81. The lowest BCUT2D eigenvalue weighted by Crippen LogP contribution is -2.49. The molecule has 1 fully saturated rings. The Balaban J connectivity index is 1.91. The number of amides is 1. The second kappa shape index (κ2) is 6.19. The monoisotopic (exact) mass is 265 g/mol. The Morgan fingerprint density at radius 2 is 2.42 bits per heavy atom. The molecule has 2 rings (SSSR count). The predicted octanol–water partition coefficient (Wildman–Crippen LogP) is 1.72. The van der Waals surface area contributed by atoms with Gasteiger partial charge in [-0.15, -0.1) is 0 Å². The van der Waals surface area contributed by atoms with Crippen LogP contribution in [0.4, 0.5) is 0 Å². The second-order valence-corrected chi connectivity index (χ2v) is 5.43. The number of rotatable bonds is 4. The number of likely N-dealkylation sites (N-methyl/N-ethyl adjacent to an activating group) is 1. The van der Waals surface area contributed by atoms with E-state index in [1.807, 2.05) is 20.0 Å². The second-order valence-electron chi connectivity index (χ2n) is 5.43. The number of aryl methyl sites for hydroxylation is 1. The lowest BCUT2D eigenvalue weighted by molar-refractivity contribution is -0.133. The van der Waals surface area contributed by atoms with Crippen molar-refractivity contribution in [2.45, 2.75) is 45.7 Å². The third kappa shape index (κ3) is 3.56. The van der Waals surface area contributed by atoms with Crippen LogP contribution in [0.15, 0.2) is 10.6 Å². The van der Waals surface area contributed by atoms with Gasteiger partial charge in [-0.3, -0.25) is 4.79 Å². The van der Waals surface area contributed by atoms with Gasteiger partial charge in [0.15, 0.2) is 0 Å². The van der Waals surface area contributed by atoms with Crippen molar-refractivity contribution < 1.29 is 9.32 Å². The Morgan fingerprint density at radius 1 is 1.63 bits per heavy atom. The molecule has 0 saturated carbocycles. The van der Waals surface area contributed by atoms with E-state index in [-0.39, 0.29) is 11.9 Å². The number of aromatic nitrogens is 1. The van der Waals surface area contributed by atoms with Crippen molar-refractivity contribution in [2.24, 2.45) is 5.92 Å². The van der Waals surface area contributed by atoms with Crippen LogP contribution in [0.5, 0.6) is 0 Å². The van der Waals surface area contributed by atoms with E-state index in [2.05, 4.69) is 17.4 Å². The van der Waals surface area contributed by atoms with Crippen molar-refractivity contribution in [3.05, 3.63) is 17.5 Å². The van der Waals surface area contributed by atoms with E-state index in [0.717, 1.165) is 30.8 Å². The summed E-state index contributed by atoms with van der Waals surface area (Å²) in [5, 5.41) is 7.25. The van der Waals surface area contributed by atoms with Gasteiger partial charge in [0.05, 0.1) is 12.6 Å². The van der Waals surface area contributed by atoms with Crippen LogP contribution < -0.4 is 5.32 Å². The van der Waals surface area contributed by atoms with E-state index in [1.165, 1.54) is 6.42 Å². The van der Waals surface area contributed by atoms with Gasteiger partial charge in [0.1, 0.15) is 11.5 Å². The first kappa shape index (κ1) is 14.1. The molecule has 0 aromatic carbocycles. The molecule has 106 valence electrons. The van der Waals surface area contributed by atoms with Gasteiger partial charge < -0.3 is 14.7 Å². The fourth-order valence-corrected chi connectivity index (χ4v) is 2.63. The van der Waals surface area contributed by atoms with Gasteiger partial charge in [0.25, 0.3) is 0 Å². The number of piperidine rings is 1. The summed E-state index contributed by atoms with van der Waals surface area (Å²) in [6.07, 6.45) is 3.27. The molecular formula is C14H23N3O2. The van der Waals surface area contributed by atoms with Crippen molar-refractivity contribution >= 4 is 5.91 Å². The van der Waals surface area contributed by atoms with Crippen LogP contribution in [0.2, 0.25) is 0 Å². The quantitative estimate of drug-likeness (QED) is 0.900. The van der Waals surface area contributed by atoms with Crippen LogP contribution in [-0.2, 0) is 11.3 Å². The van der Waals surface area contributed by atoms with E-state index >= 15 is 0 Å². The Morgan fingerprint density at radius 3 is 3.05 bits per heavy atom. The highest BCUT2D eigenvalue weighted by Gasteiger charge is 2.28. The first-order chi connectivity index (χ1) is 9.10. The van der Waals surface area contributed by atoms with Crippen molar-refractivity contribution in [2.75, 3.05) is 13.6 Å². The number of carbonyl (C=O) groups is 1. The molecule has 0 spiro atoms. The molecule has 5 heteroatoms. The zero-order chi connectivity index (χ0) is 13.8. The van der Waals surface area contributed by atoms with Gasteiger partial charge in [-0.1, -0.05) is 18.5 Å². The molecule has 2 atom stereocenters. The first-order valence-corrected chi connectivity index (χ1v) is 7.00. The summed E-state index contributed by atoms with van der Waals surface area (Å²) >= 11 is 0. The summed E-state index contributed by atoms with van der Waals surface area (Å²) in [7, 11) is 1.82. The minimum atomic E-state index is -0.0447. The highest BCUT2D eigenvalue weighted by atomic mass is 16.5. The van der Waals surface area contributed by atoms with E-state index in [4.69, 9.17) is 4.52 Å². The third-order valence-electron chi connectivity index (χ3n) is 3.84. The fraction of sp³-hybridized carbons (Fsp3) is 0.714. The topological polar surface area (TPSA) is 58.4 Å². The first-order valence-electron chi connectivity index (χ1n) is 7.00. The van der Waals surface area contributed by atoms with E-state index in [9.17, 15) is 4.79 Å². The normalized spacial score (nSPS) is 23.3. The van der Waals surface area contributed by atoms with Crippen LogP contribution in [0, 0.1) is 12.8 Å². The molecule has 5 nitrogen and oxygen atoms in total. The molecule has 1 aromatic heterocycles. The molecule has 1 saturated heterocycles. The molecule has 2 heterocycles. The maximum atomic E-state index is 12.4. The lowest BCUT2D eigenvalue weighted by atomic mass is 9.90. The van der Waals surface area contributed by atoms with E-state index in [1.54, 1.807) is 4.90 Å². The van der Waals surface area contributed by atoms with Crippen LogP contribution in [0.1, 0.15) is 37.6 Å². The fourth-order valence-electron chi connectivity index (χ4n) is 2.63. The maximum absolute atomic E-state index is 12.4. The third-order valence-corrected chi connectivity index (χ3v) is 3.84. The number of carbonyl (C=O) groups excluding carboxylic acids is 1. The maximum Gasteiger partial charge on any atom is 0.239 e. The van der Waals surface area contributed by atoms with Gasteiger partial charge in [0.2, 0.25) is 5.91 Å². The van der Waals surface area contributed by atoms with Crippen molar-refractivity contribution in [3.8, 4) is 0 Å². The summed E-state index contributed by atoms with van der Waals surface area (Å²) in [6.45, 7) is 5.49. The molecule has 19 heavy (non-hydrogen) atoms. The van der Waals surface area contributed by atoms with Gasteiger partial charge in [0, 0.05) is 13.1 Å². The number of nitrogens with zero attached hydrogens (tertiary/aromatic N) is 2. The SMILES string of the molecule is CCC1CCNC(C(=O)N(C)Cc2cc(C)on2)C1. The molecule has 0 bridgehead atoms. The van der Waals surface area contributed by atoms with E-state index < -0.39 is 0 Å². The lowest BCUT2D eigenvalue weighted by Gasteiger charge is -2.31. The number of hydrogen-bond donors (Lipinski definition) is 1. The summed E-state index contributed by atoms with van der Waals surface area (Å²) in [5.74, 6) is 1.59. The summed E-state index contributed by atoms with van der Waals surface area (Å²) in [5.41, 5.74) is 0.802. The average Bonchev–Trinajstić information content (AvgIpc) is 2.83. The zero-order valence-electron chi connectivity index (χ0n) is 12.0. The minimum Gasteiger partial charge on any atom is -0.361 e. The highest BCUT2D eigenvalue weighted by Crippen LogP contribution is 2.20. The molecule has 1 aliphatic rings. The Kier molecular flexibility index (Phi) is 4.58. The van der Waals surface area contributed by atoms with Crippen molar-refractivity contribution in [1.82, 2.24) is 15.4 Å². The van der Waals surface area contributed by atoms with Crippen molar-refractivity contribution in [1.29, 1.82) is 0 Å². The van der Waals surface area contributed by atoms with Gasteiger partial charge in [-0.2, -0.15) is 0 Å². The van der Waals surface area contributed by atoms with E-state index in [0.29, 0.717) is 12.5 Å². The average molecular weight is 265 g/mol. The van der Waals surface area contributed by atoms with Gasteiger partial charge in [-0.05, 0) is 32.2 Å². The largest absolute Gasteiger partial charge is 0.361 e. The molecule has 1 aliphatic heterocycles. The zero-order valence-corrected chi connectivity index (χ0v) is 12.0.